The smallest absolute Gasteiger partial charge is 0.416 e. The van der Waals surface area contributed by atoms with E-state index in [0.29, 0.717) is 0 Å². The molecule has 0 amide bonds. The molecule has 0 unspecified atom stereocenters. The fourth-order valence-corrected chi connectivity index (χ4v) is 1.03. The third-order valence-electron chi connectivity index (χ3n) is 1.39. The predicted molar refractivity (Wildman–Crippen MR) is 41.8 cm³/mol. The third kappa shape index (κ3) is 2.28. The van der Waals surface area contributed by atoms with Gasteiger partial charge in [-0.05, 0) is 12.1 Å². The lowest BCUT2D eigenvalue weighted by Crippen LogP contribution is -2.04. The molecule has 0 aromatic heterocycles. The van der Waals surface area contributed by atoms with E-state index < -0.39 is 11.7 Å². The number of hydrogen-bond acceptors (Lipinski definition) is 1. The number of benzene rings is 1. The standard InChI is InChI=1S/C8H5ClF3O/c1-13-7-3-2-5(4-6(7)9)8(10,11)12/h2,4H,1H3. The molecule has 0 aliphatic rings. The maximum Gasteiger partial charge on any atom is 0.416 e. The topological polar surface area (TPSA) is 9.23 Å². The summed E-state index contributed by atoms with van der Waals surface area (Å²) in [6.07, 6.45) is -4.40. The predicted octanol–water partition coefficient (Wildman–Crippen LogP) is 3.17. The van der Waals surface area contributed by atoms with E-state index in [2.05, 4.69) is 10.8 Å². The van der Waals surface area contributed by atoms with Gasteiger partial charge in [0.05, 0.1) is 17.7 Å². The van der Waals surface area contributed by atoms with Crippen molar-refractivity contribution in [1.29, 1.82) is 0 Å². The maximum absolute atomic E-state index is 12.1. The lowest BCUT2D eigenvalue weighted by atomic mass is 10.2. The van der Waals surface area contributed by atoms with Crippen LogP contribution in [0.4, 0.5) is 13.2 Å². The molecular weight excluding hydrogens is 205 g/mol. The Labute approximate surface area is 78.1 Å². The second-order valence-corrected chi connectivity index (χ2v) is 2.67. The van der Waals surface area contributed by atoms with Crippen LogP contribution in [0, 0.1) is 6.07 Å². The van der Waals surface area contributed by atoms with Crippen LogP contribution in [-0.4, -0.2) is 7.11 Å². The minimum absolute atomic E-state index is 0.0997. The zero-order valence-electron chi connectivity index (χ0n) is 6.57. The average molecular weight is 210 g/mol. The van der Waals surface area contributed by atoms with Crippen LogP contribution < -0.4 is 4.74 Å². The zero-order valence-corrected chi connectivity index (χ0v) is 7.33. The van der Waals surface area contributed by atoms with E-state index in [-0.39, 0.29) is 10.8 Å². The van der Waals surface area contributed by atoms with Crippen LogP contribution in [0.15, 0.2) is 12.1 Å². The summed E-state index contributed by atoms with van der Waals surface area (Å²) in [6, 6.07) is 3.89. The first-order valence-corrected chi connectivity index (χ1v) is 3.65. The number of methoxy groups -OCH3 is 1. The molecule has 0 fully saturated rings. The van der Waals surface area contributed by atoms with Crippen molar-refractivity contribution >= 4 is 11.6 Å². The van der Waals surface area contributed by atoms with E-state index in [9.17, 15) is 13.2 Å². The normalized spacial score (nSPS) is 11.5. The third-order valence-corrected chi connectivity index (χ3v) is 1.67. The Hall–Kier alpha value is -0.900. The van der Waals surface area contributed by atoms with Crippen molar-refractivity contribution in [1.82, 2.24) is 0 Å². The lowest BCUT2D eigenvalue weighted by Gasteiger charge is -2.08. The highest BCUT2D eigenvalue weighted by Crippen LogP contribution is 2.33. The minimum Gasteiger partial charge on any atom is -0.495 e. The summed E-state index contributed by atoms with van der Waals surface area (Å²) in [6.45, 7) is 0. The second kappa shape index (κ2) is 3.46. The fraction of sp³-hybridized carbons (Fsp3) is 0.250. The number of hydrogen-bond donors (Lipinski definition) is 0. The van der Waals surface area contributed by atoms with E-state index in [4.69, 9.17) is 11.6 Å². The summed E-state index contributed by atoms with van der Waals surface area (Å²) in [5, 5.41) is -0.0997. The summed E-state index contributed by atoms with van der Waals surface area (Å²) in [5.74, 6) is 0.106. The molecule has 71 valence electrons. The minimum atomic E-state index is -4.40. The highest BCUT2D eigenvalue weighted by Gasteiger charge is 2.31. The molecule has 1 nitrogen and oxygen atoms in total. The van der Waals surface area contributed by atoms with E-state index >= 15 is 0 Å². The van der Waals surface area contributed by atoms with Gasteiger partial charge in [0.15, 0.2) is 0 Å². The van der Waals surface area contributed by atoms with Gasteiger partial charge in [0.2, 0.25) is 0 Å². The van der Waals surface area contributed by atoms with Crippen molar-refractivity contribution in [3.8, 4) is 5.75 Å². The summed E-state index contributed by atoms with van der Waals surface area (Å²) in [7, 11) is 1.31. The summed E-state index contributed by atoms with van der Waals surface area (Å²) < 4.78 is 40.9. The SMILES string of the molecule is COc1[c]cc(C(F)(F)F)cc1Cl. The Morgan fingerprint density at radius 3 is 2.46 bits per heavy atom. The molecule has 0 aliphatic carbocycles. The number of halogens is 4. The van der Waals surface area contributed by atoms with Crippen molar-refractivity contribution < 1.29 is 17.9 Å². The fourth-order valence-electron chi connectivity index (χ4n) is 0.776. The largest absolute Gasteiger partial charge is 0.495 e. The first-order chi connectivity index (χ1) is 5.95. The first-order valence-electron chi connectivity index (χ1n) is 3.27. The van der Waals surface area contributed by atoms with E-state index in [0.717, 1.165) is 12.1 Å². The molecular formula is C8H5ClF3O. The molecule has 13 heavy (non-hydrogen) atoms. The molecule has 0 spiro atoms. The highest BCUT2D eigenvalue weighted by atomic mass is 35.5. The molecule has 0 aliphatic heterocycles. The van der Waals surface area contributed by atoms with Gasteiger partial charge in [-0.3, -0.25) is 0 Å². The molecule has 1 aromatic carbocycles. The van der Waals surface area contributed by atoms with Crippen molar-refractivity contribution in [2.45, 2.75) is 6.18 Å². The number of rotatable bonds is 1. The zero-order chi connectivity index (χ0) is 10.1. The highest BCUT2D eigenvalue weighted by molar-refractivity contribution is 6.32. The van der Waals surface area contributed by atoms with Crippen LogP contribution in [0.25, 0.3) is 0 Å². The van der Waals surface area contributed by atoms with E-state index in [1.54, 1.807) is 0 Å². The number of ether oxygens (including phenoxy) is 1. The Morgan fingerprint density at radius 2 is 2.08 bits per heavy atom. The lowest BCUT2D eigenvalue weighted by molar-refractivity contribution is -0.137. The van der Waals surface area contributed by atoms with Gasteiger partial charge in [0, 0.05) is 6.07 Å². The average Bonchev–Trinajstić information content (AvgIpc) is 2.02. The quantitative estimate of drug-likeness (QED) is 0.690. The molecule has 1 rings (SSSR count). The molecule has 0 saturated carbocycles. The van der Waals surface area contributed by atoms with E-state index in [1.165, 1.54) is 7.11 Å². The Balaban J connectivity index is 3.10. The summed E-state index contributed by atoms with van der Waals surface area (Å²) in [5.41, 5.74) is -0.835. The van der Waals surface area contributed by atoms with Crippen molar-refractivity contribution in [2.24, 2.45) is 0 Å². The van der Waals surface area contributed by atoms with Gasteiger partial charge in [-0.1, -0.05) is 11.6 Å². The van der Waals surface area contributed by atoms with Crippen LogP contribution in [0.3, 0.4) is 0 Å². The molecule has 1 aromatic rings. The molecule has 0 bridgehead atoms. The van der Waals surface area contributed by atoms with Gasteiger partial charge in [0.1, 0.15) is 5.75 Å². The molecule has 0 saturated heterocycles. The van der Waals surface area contributed by atoms with Gasteiger partial charge in [-0.2, -0.15) is 13.2 Å². The van der Waals surface area contributed by atoms with Crippen LogP contribution >= 0.6 is 11.6 Å². The monoisotopic (exact) mass is 209 g/mol. The van der Waals surface area contributed by atoms with E-state index in [1.807, 2.05) is 0 Å². The van der Waals surface area contributed by atoms with Crippen molar-refractivity contribution in [3.63, 3.8) is 0 Å². The molecule has 0 atom stereocenters. The van der Waals surface area contributed by atoms with Crippen molar-refractivity contribution in [3.05, 3.63) is 28.8 Å². The second-order valence-electron chi connectivity index (χ2n) is 2.27. The first kappa shape index (κ1) is 10.2. The van der Waals surface area contributed by atoms with Gasteiger partial charge < -0.3 is 4.74 Å². The van der Waals surface area contributed by atoms with Crippen LogP contribution in [0.5, 0.6) is 5.75 Å². The van der Waals surface area contributed by atoms with Crippen LogP contribution in [-0.2, 0) is 6.18 Å². The number of alkyl halides is 3. The summed E-state index contributed by atoms with van der Waals surface area (Å²) >= 11 is 5.48. The van der Waals surface area contributed by atoms with Gasteiger partial charge in [0.25, 0.3) is 0 Å². The Bertz CT molecular complexity index is 309. The van der Waals surface area contributed by atoms with Gasteiger partial charge in [-0.15, -0.1) is 0 Å². The maximum atomic E-state index is 12.1. The van der Waals surface area contributed by atoms with Gasteiger partial charge >= 0.3 is 6.18 Å². The molecule has 5 heteroatoms. The van der Waals surface area contributed by atoms with Crippen LogP contribution in [0.2, 0.25) is 5.02 Å². The Kier molecular flexibility index (Phi) is 2.71. The Morgan fingerprint density at radius 1 is 1.46 bits per heavy atom. The molecule has 0 heterocycles. The summed E-state index contributed by atoms with van der Waals surface area (Å²) in [4.78, 5) is 0. The van der Waals surface area contributed by atoms with Gasteiger partial charge in [-0.25, -0.2) is 0 Å². The van der Waals surface area contributed by atoms with Crippen molar-refractivity contribution in [2.75, 3.05) is 7.11 Å². The van der Waals surface area contributed by atoms with Crippen LogP contribution in [0.1, 0.15) is 5.56 Å². The molecule has 1 radical (unpaired) electrons. The molecule has 0 N–H and O–H groups in total.